The number of nitrogens with zero attached hydrogens (tertiary/aromatic N) is 2. The SMILES string of the molecule is COc1ccc(-n2nc(CCC(=O)O)cc2C2=CC=C(Cl)CC=C2)cc1. The highest BCUT2D eigenvalue weighted by molar-refractivity contribution is 6.29. The number of aliphatic carboxylic acids is 1. The number of methoxy groups -OCH3 is 1. The van der Waals surface area contributed by atoms with Crippen molar-refractivity contribution in [2.45, 2.75) is 19.3 Å². The van der Waals surface area contributed by atoms with Crippen molar-refractivity contribution in [3.8, 4) is 11.4 Å². The van der Waals surface area contributed by atoms with Gasteiger partial charge in [0.05, 0.1) is 30.6 Å². The fourth-order valence-electron chi connectivity index (χ4n) is 2.69. The highest BCUT2D eigenvalue weighted by Gasteiger charge is 2.14. The lowest BCUT2D eigenvalue weighted by Gasteiger charge is -2.09. The summed E-state index contributed by atoms with van der Waals surface area (Å²) < 4.78 is 7.03. The Bertz CT molecular complexity index is 892. The van der Waals surface area contributed by atoms with E-state index in [1.165, 1.54) is 0 Å². The molecule has 1 aromatic carbocycles. The highest BCUT2D eigenvalue weighted by Crippen LogP contribution is 2.26. The van der Waals surface area contributed by atoms with Crippen LogP contribution >= 0.6 is 11.6 Å². The second-order valence-corrected chi connectivity index (χ2v) is 6.35. The average molecular weight is 371 g/mol. The Morgan fingerprint density at radius 1 is 1.31 bits per heavy atom. The Labute approximate surface area is 156 Å². The second-order valence-electron chi connectivity index (χ2n) is 5.87. The van der Waals surface area contributed by atoms with Gasteiger partial charge in [-0.05, 0) is 42.0 Å². The lowest BCUT2D eigenvalue weighted by atomic mass is 10.1. The van der Waals surface area contributed by atoms with E-state index in [-0.39, 0.29) is 6.42 Å². The highest BCUT2D eigenvalue weighted by atomic mass is 35.5. The Morgan fingerprint density at radius 3 is 2.77 bits per heavy atom. The van der Waals surface area contributed by atoms with Crippen molar-refractivity contribution >= 4 is 23.1 Å². The molecule has 1 aromatic heterocycles. The third-order valence-electron chi connectivity index (χ3n) is 4.02. The largest absolute Gasteiger partial charge is 0.497 e. The van der Waals surface area contributed by atoms with E-state index in [9.17, 15) is 4.79 Å². The fourth-order valence-corrected chi connectivity index (χ4v) is 2.84. The van der Waals surface area contributed by atoms with Gasteiger partial charge in [0, 0.05) is 17.9 Å². The van der Waals surface area contributed by atoms with Crippen LogP contribution in [0.5, 0.6) is 5.75 Å². The molecular weight excluding hydrogens is 352 g/mol. The summed E-state index contributed by atoms with van der Waals surface area (Å²) in [5.74, 6) is -0.0781. The van der Waals surface area contributed by atoms with Crippen molar-refractivity contribution in [3.05, 3.63) is 71.1 Å². The van der Waals surface area contributed by atoms with Gasteiger partial charge in [-0.3, -0.25) is 4.79 Å². The van der Waals surface area contributed by atoms with E-state index in [0.29, 0.717) is 12.8 Å². The Hall–Kier alpha value is -2.79. The predicted octanol–water partition coefficient (Wildman–Crippen LogP) is 4.36. The van der Waals surface area contributed by atoms with Gasteiger partial charge in [0.2, 0.25) is 0 Å². The zero-order valence-electron chi connectivity index (χ0n) is 14.4. The molecule has 1 aliphatic carbocycles. The summed E-state index contributed by atoms with van der Waals surface area (Å²) in [6.45, 7) is 0. The molecule has 3 rings (SSSR count). The molecule has 134 valence electrons. The van der Waals surface area contributed by atoms with Crippen LogP contribution in [0.2, 0.25) is 0 Å². The Balaban J connectivity index is 2.04. The molecular formula is C20H19ClN2O3. The number of carbonyl (C=O) groups is 1. The van der Waals surface area contributed by atoms with E-state index >= 15 is 0 Å². The number of aromatic nitrogens is 2. The number of carboxylic acids is 1. The zero-order valence-corrected chi connectivity index (χ0v) is 15.1. The van der Waals surface area contributed by atoms with Crippen molar-refractivity contribution in [2.75, 3.05) is 7.11 Å². The van der Waals surface area contributed by atoms with Crippen LogP contribution in [0, 0.1) is 0 Å². The normalized spacial score (nSPS) is 13.8. The number of benzene rings is 1. The molecule has 0 spiro atoms. The zero-order chi connectivity index (χ0) is 18.5. The maximum atomic E-state index is 10.9. The molecule has 26 heavy (non-hydrogen) atoms. The van der Waals surface area contributed by atoms with Crippen LogP contribution in [0.1, 0.15) is 24.2 Å². The first-order chi connectivity index (χ1) is 12.6. The topological polar surface area (TPSA) is 64.4 Å². The van der Waals surface area contributed by atoms with Crippen LogP contribution in [0.3, 0.4) is 0 Å². The van der Waals surface area contributed by atoms with Crippen LogP contribution < -0.4 is 4.74 Å². The minimum atomic E-state index is -0.839. The number of hydrogen-bond donors (Lipinski definition) is 1. The van der Waals surface area contributed by atoms with Crippen molar-refractivity contribution in [2.24, 2.45) is 0 Å². The van der Waals surface area contributed by atoms with Crippen LogP contribution in [0.4, 0.5) is 0 Å². The molecule has 0 saturated carbocycles. The van der Waals surface area contributed by atoms with Crippen LogP contribution in [-0.4, -0.2) is 28.0 Å². The van der Waals surface area contributed by atoms with E-state index < -0.39 is 5.97 Å². The van der Waals surface area contributed by atoms with Crippen molar-refractivity contribution in [3.63, 3.8) is 0 Å². The lowest BCUT2D eigenvalue weighted by molar-refractivity contribution is -0.136. The quantitative estimate of drug-likeness (QED) is 0.820. The molecule has 0 amide bonds. The molecule has 1 heterocycles. The standard InChI is InChI=1S/C20H19ClN2O3/c1-26-18-10-8-17(9-11-18)23-19(13-16(22-23)7-12-20(24)25)14-3-2-4-15(21)6-5-14/h2-3,5-6,8-11,13H,4,7,12H2,1H3,(H,24,25). The Kier molecular flexibility index (Phi) is 5.58. The summed E-state index contributed by atoms with van der Waals surface area (Å²) in [5, 5.41) is 14.3. The number of aryl methyl sites for hydroxylation is 1. The maximum Gasteiger partial charge on any atom is 0.303 e. The first-order valence-corrected chi connectivity index (χ1v) is 8.63. The molecule has 1 aliphatic rings. The van der Waals surface area contributed by atoms with Crippen LogP contribution in [0.15, 0.2) is 59.7 Å². The monoisotopic (exact) mass is 370 g/mol. The molecule has 0 aliphatic heterocycles. The van der Waals surface area contributed by atoms with E-state index in [4.69, 9.17) is 21.4 Å². The number of allylic oxidation sites excluding steroid dienone is 6. The van der Waals surface area contributed by atoms with Gasteiger partial charge >= 0.3 is 5.97 Å². The molecule has 0 saturated heterocycles. The predicted molar refractivity (Wildman–Crippen MR) is 102 cm³/mol. The lowest BCUT2D eigenvalue weighted by Crippen LogP contribution is -2.02. The van der Waals surface area contributed by atoms with Crippen LogP contribution in [0.25, 0.3) is 11.3 Å². The summed E-state index contributed by atoms with van der Waals surface area (Å²) >= 11 is 6.12. The first-order valence-electron chi connectivity index (χ1n) is 8.25. The second kappa shape index (κ2) is 8.06. The van der Waals surface area contributed by atoms with E-state index in [2.05, 4.69) is 5.10 Å². The molecule has 0 bridgehead atoms. The molecule has 0 atom stereocenters. The number of halogens is 1. The van der Waals surface area contributed by atoms with E-state index in [1.807, 2.05) is 59.3 Å². The summed E-state index contributed by atoms with van der Waals surface area (Å²) in [5.41, 5.74) is 3.45. The summed E-state index contributed by atoms with van der Waals surface area (Å²) in [6.07, 6.45) is 8.93. The van der Waals surface area contributed by atoms with Gasteiger partial charge in [-0.1, -0.05) is 29.8 Å². The smallest absolute Gasteiger partial charge is 0.303 e. The maximum absolute atomic E-state index is 10.9. The minimum absolute atomic E-state index is 0.0414. The minimum Gasteiger partial charge on any atom is -0.497 e. The molecule has 5 nitrogen and oxygen atoms in total. The molecule has 0 radical (unpaired) electrons. The van der Waals surface area contributed by atoms with Crippen molar-refractivity contribution in [1.82, 2.24) is 9.78 Å². The summed E-state index contributed by atoms with van der Waals surface area (Å²) in [7, 11) is 1.62. The molecule has 1 N–H and O–H groups in total. The van der Waals surface area contributed by atoms with Gasteiger partial charge in [-0.15, -0.1) is 0 Å². The van der Waals surface area contributed by atoms with Gasteiger partial charge in [0.1, 0.15) is 5.75 Å². The average Bonchev–Trinajstić information content (AvgIpc) is 2.95. The summed E-state index contributed by atoms with van der Waals surface area (Å²) in [6, 6.07) is 9.49. The van der Waals surface area contributed by atoms with Gasteiger partial charge in [0.15, 0.2) is 0 Å². The van der Waals surface area contributed by atoms with Crippen molar-refractivity contribution < 1.29 is 14.6 Å². The number of ether oxygens (including phenoxy) is 1. The molecule has 6 heteroatoms. The third-order valence-corrected chi connectivity index (χ3v) is 4.30. The summed E-state index contributed by atoms with van der Waals surface area (Å²) in [4.78, 5) is 10.9. The van der Waals surface area contributed by atoms with Gasteiger partial charge in [-0.2, -0.15) is 5.10 Å². The third kappa shape index (κ3) is 4.24. The molecule has 0 fully saturated rings. The molecule has 0 unspecified atom stereocenters. The first kappa shape index (κ1) is 18.0. The van der Waals surface area contributed by atoms with Crippen molar-refractivity contribution in [1.29, 1.82) is 0 Å². The van der Waals surface area contributed by atoms with Crippen LogP contribution in [-0.2, 0) is 11.2 Å². The van der Waals surface area contributed by atoms with E-state index in [0.717, 1.165) is 33.4 Å². The Morgan fingerprint density at radius 2 is 2.08 bits per heavy atom. The molecule has 2 aromatic rings. The fraction of sp³-hybridized carbons (Fsp3) is 0.200. The number of hydrogen-bond acceptors (Lipinski definition) is 3. The van der Waals surface area contributed by atoms with Gasteiger partial charge < -0.3 is 9.84 Å². The number of carboxylic acid groups (broad SMARTS) is 1. The van der Waals surface area contributed by atoms with Gasteiger partial charge in [0.25, 0.3) is 0 Å². The van der Waals surface area contributed by atoms with E-state index in [1.54, 1.807) is 7.11 Å². The number of rotatable bonds is 6. The van der Waals surface area contributed by atoms with Gasteiger partial charge in [-0.25, -0.2) is 4.68 Å².